The van der Waals surface area contributed by atoms with Gasteiger partial charge < -0.3 is 16.0 Å². The van der Waals surface area contributed by atoms with Crippen molar-refractivity contribution >= 4 is 22.4 Å². The van der Waals surface area contributed by atoms with E-state index in [9.17, 15) is 0 Å². The summed E-state index contributed by atoms with van der Waals surface area (Å²) in [5.41, 5.74) is 7.55. The van der Waals surface area contributed by atoms with Crippen LogP contribution in [0.1, 0.15) is 19.8 Å². The number of hydrogen-bond donors (Lipinski definition) is 2. The van der Waals surface area contributed by atoms with E-state index in [-0.39, 0.29) is 0 Å². The molecule has 0 spiro atoms. The van der Waals surface area contributed by atoms with Crippen LogP contribution in [0.15, 0.2) is 30.3 Å². The Labute approximate surface area is 120 Å². The van der Waals surface area contributed by atoms with Crippen molar-refractivity contribution in [2.45, 2.75) is 25.8 Å². The molecule has 0 bridgehead atoms. The number of nitrogen functional groups attached to an aromatic ring is 1. The first kappa shape index (κ1) is 13.2. The Kier molecular flexibility index (Phi) is 3.74. The van der Waals surface area contributed by atoms with Gasteiger partial charge in [-0.3, -0.25) is 0 Å². The molecule has 1 aromatic heterocycles. The number of nitrogens with zero attached hydrogens (tertiary/aromatic N) is 2. The minimum Gasteiger partial charge on any atom is -0.399 e. The smallest absolute Gasteiger partial charge is 0.126 e. The number of likely N-dealkylation sites (tertiary alicyclic amines) is 1. The standard InChI is InChI=1S/C16H22N4/c1-12(11-20-8-2-3-9-20)18-16-7-4-13-10-14(17)5-6-15(13)19-16/h4-7,10,12H,2-3,8-9,11,17H2,1H3,(H,18,19). The molecule has 1 aliphatic rings. The zero-order valence-electron chi connectivity index (χ0n) is 12.0. The topological polar surface area (TPSA) is 54.2 Å². The zero-order chi connectivity index (χ0) is 13.9. The lowest BCUT2D eigenvalue weighted by atomic mass is 10.2. The van der Waals surface area contributed by atoms with Gasteiger partial charge in [0.2, 0.25) is 0 Å². The highest BCUT2D eigenvalue weighted by molar-refractivity contribution is 5.83. The highest BCUT2D eigenvalue weighted by Crippen LogP contribution is 2.18. The van der Waals surface area contributed by atoms with Crippen molar-refractivity contribution in [3.63, 3.8) is 0 Å². The van der Waals surface area contributed by atoms with Gasteiger partial charge >= 0.3 is 0 Å². The molecule has 3 N–H and O–H groups in total. The number of nitrogens with one attached hydrogen (secondary N) is 1. The van der Waals surface area contributed by atoms with Crippen LogP contribution in [0, 0.1) is 0 Å². The molecular formula is C16H22N4. The van der Waals surface area contributed by atoms with Gasteiger partial charge in [-0.1, -0.05) is 0 Å². The average Bonchev–Trinajstić information content (AvgIpc) is 2.91. The van der Waals surface area contributed by atoms with E-state index in [4.69, 9.17) is 5.73 Å². The number of aromatic nitrogens is 1. The molecular weight excluding hydrogens is 248 g/mol. The fraction of sp³-hybridized carbons (Fsp3) is 0.438. The van der Waals surface area contributed by atoms with E-state index in [1.807, 2.05) is 24.3 Å². The van der Waals surface area contributed by atoms with Crippen molar-refractivity contribution in [2.24, 2.45) is 0 Å². The fourth-order valence-corrected chi connectivity index (χ4v) is 2.88. The molecule has 1 saturated heterocycles. The highest BCUT2D eigenvalue weighted by Gasteiger charge is 2.14. The monoisotopic (exact) mass is 270 g/mol. The number of nitrogens with two attached hydrogens (primary N) is 1. The van der Waals surface area contributed by atoms with Crippen LogP contribution in [0.25, 0.3) is 10.9 Å². The lowest BCUT2D eigenvalue weighted by Crippen LogP contribution is -2.33. The molecule has 4 heteroatoms. The largest absolute Gasteiger partial charge is 0.399 e. The van der Waals surface area contributed by atoms with E-state index in [1.54, 1.807) is 0 Å². The molecule has 106 valence electrons. The van der Waals surface area contributed by atoms with Gasteiger partial charge in [0, 0.05) is 23.7 Å². The molecule has 3 rings (SSSR count). The average molecular weight is 270 g/mol. The SMILES string of the molecule is CC(CN1CCCC1)Nc1ccc2cc(N)ccc2n1. The minimum absolute atomic E-state index is 0.409. The van der Waals surface area contributed by atoms with E-state index < -0.39 is 0 Å². The highest BCUT2D eigenvalue weighted by atomic mass is 15.2. The second-order valence-electron chi connectivity index (χ2n) is 5.70. The van der Waals surface area contributed by atoms with Crippen molar-refractivity contribution in [3.8, 4) is 0 Å². The lowest BCUT2D eigenvalue weighted by molar-refractivity contribution is 0.327. The van der Waals surface area contributed by atoms with Crippen molar-refractivity contribution in [3.05, 3.63) is 30.3 Å². The number of benzene rings is 1. The van der Waals surface area contributed by atoms with E-state index in [1.165, 1.54) is 25.9 Å². The Morgan fingerprint density at radius 2 is 2.05 bits per heavy atom. The van der Waals surface area contributed by atoms with Crippen molar-refractivity contribution in [1.82, 2.24) is 9.88 Å². The van der Waals surface area contributed by atoms with Gasteiger partial charge in [0.15, 0.2) is 0 Å². The third-order valence-electron chi connectivity index (χ3n) is 3.84. The third kappa shape index (κ3) is 3.02. The lowest BCUT2D eigenvalue weighted by Gasteiger charge is -2.21. The van der Waals surface area contributed by atoms with Gasteiger partial charge in [-0.25, -0.2) is 4.98 Å². The maximum atomic E-state index is 5.79. The quantitative estimate of drug-likeness (QED) is 0.839. The molecule has 20 heavy (non-hydrogen) atoms. The number of fused-ring (bicyclic) bond motifs is 1. The Balaban J connectivity index is 1.68. The molecule has 1 aliphatic heterocycles. The number of pyridine rings is 1. The van der Waals surface area contributed by atoms with Gasteiger partial charge in [0.25, 0.3) is 0 Å². The number of hydrogen-bond acceptors (Lipinski definition) is 4. The first-order chi connectivity index (χ1) is 9.70. The Bertz CT molecular complexity index is 590. The third-order valence-corrected chi connectivity index (χ3v) is 3.84. The van der Waals surface area contributed by atoms with Crippen LogP contribution in [0.2, 0.25) is 0 Å². The summed E-state index contributed by atoms with van der Waals surface area (Å²) in [5, 5.41) is 4.58. The summed E-state index contributed by atoms with van der Waals surface area (Å²) in [6, 6.07) is 10.3. The summed E-state index contributed by atoms with van der Waals surface area (Å²) >= 11 is 0. The van der Waals surface area contributed by atoms with Crippen molar-refractivity contribution < 1.29 is 0 Å². The Hall–Kier alpha value is -1.81. The van der Waals surface area contributed by atoms with E-state index in [0.717, 1.165) is 29.0 Å². The molecule has 0 radical (unpaired) electrons. The molecule has 1 atom stereocenters. The molecule has 0 saturated carbocycles. The molecule has 1 fully saturated rings. The predicted molar refractivity (Wildman–Crippen MR) is 84.9 cm³/mol. The van der Waals surface area contributed by atoms with E-state index in [0.29, 0.717) is 6.04 Å². The number of anilines is 2. The van der Waals surface area contributed by atoms with Gasteiger partial charge in [-0.15, -0.1) is 0 Å². The molecule has 2 heterocycles. The zero-order valence-corrected chi connectivity index (χ0v) is 12.0. The van der Waals surface area contributed by atoms with Gasteiger partial charge in [0.1, 0.15) is 5.82 Å². The summed E-state index contributed by atoms with van der Waals surface area (Å²) in [7, 11) is 0. The minimum atomic E-state index is 0.409. The predicted octanol–water partition coefficient (Wildman–Crippen LogP) is 2.71. The van der Waals surface area contributed by atoms with Gasteiger partial charge in [-0.05, 0) is 63.2 Å². The van der Waals surface area contributed by atoms with Crippen molar-refractivity contribution in [1.29, 1.82) is 0 Å². The van der Waals surface area contributed by atoms with Crippen LogP contribution in [0.4, 0.5) is 11.5 Å². The van der Waals surface area contributed by atoms with E-state index in [2.05, 4.69) is 28.2 Å². The molecule has 0 aliphatic carbocycles. The first-order valence-corrected chi connectivity index (χ1v) is 7.36. The summed E-state index contributed by atoms with van der Waals surface area (Å²) in [4.78, 5) is 7.16. The van der Waals surface area contributed by atoms with Crippen LogP contribution in [0.3, 0.4) is 0 Å². The number of rotatable bonds is 4. The second kappa shape index (κ2) is 5.67. The summed E-state index contributed by atoms with van der Waals surface area (Å²) < 4.78 is 0. The summed E-state index contributed by atoms with van der Waals surface area (Å²) in [6.45, 7) is 5.77. The molecule has 2 aromatic rings. The fourth-order valence-electron chi connectivity index (χ4n) is 2.88. The van der Waals surface area contributed by atoms with Crippen LogP contribution >= 0.6 is 0 Å². The maximum absolute atomic E-state index is 5.79. The van der Waals surface area contributed by atoms with Crippen LogP contribution in [-0.2, 0) is 0 Å². The van der Waals surface area contributed by atoms with Gasteiger partial charge in [-0.2, -0.15) is 0 Å². The van der Waals surface area contributed by atoms with Crippen molar-refractivity contribution in [2.75, 3.05) is 30.7 Å². The van der Waals surface area contributed by atoms with Crippen LogP contribution in [0.5, 0.6) is 0 Å². The Morgan fingerprint density at radius 3 is 2.85 bits per heavy atom. The molecule has 0 amide bonds. The molecule has 1 aromatic carbocycles. The summed E-state index contributed by atoms with van der Waals surface area (Å²) in [5.74, 6) is 0.939. The second-order valence-corrected chi connectivity index (χ2v) is 5.70. The maximum Gasteiger partial charge on any atom is 0.126 e. The summed E-state index contributed by atoms with van der Waals surface area (Å²) in [6.07, 6.45) is 2.67. The first-order valence-electron chi connectivity index (χ1n) is 7.36. The van der Waals surface area contributed by atoms with E-state index >= 15 is 0 Å². The molecule has 4 nitrogen and oxygen atoms in total. The Morgan fingerprint density at radius 1 is 1.25 bits per heavy atom. The van der Waals surface area contributed by atoms with Crippen LogP contribution < -0.4 is 11.1 Å². The molecule has 1 unspecified atom stereocenters. The normalized spacial score (nSPS) is 17.4. The van der Waals surface area contributed by atoms with Crippen LogP contribution in [-0.4, -0.2) is 35.6 Å². The van der Waals surface area contributed by atoms with Gasteiger partial charge in [0.05, 0.1) is 5.52 Å².